The second-order valence-corrected chi connectivity index (χ2v) is 10.7. The maximum Gasteiger partial charge on any atom is 0.165 e. The molecular formula is C34H35FN3O7+. The standard InChI is InChI=1S/C34H34FN3O7/c1-21-25(3-2-4-28(21)24-5-6-30-33(11-24)43-8-7-42-30)20-45-32-12-31(44-19-23-9-22(13-36)14-37-15-23)26(10-29(32)35)16-38-17-27(18-39)34(40)41/h2-6,9-12,14-15,27,34,38-41H,7-8,16-20H2,1H3/p+1. The lowest BCUT2D eigenvalue weighted by atomic mass is 9.96. The quantitative estimate of drug-likeness (QED) is 0.166. The van der Waals surface area contributed by atoms with Crippen molar-refractivity contribution in [3.05, 3.63) is 101 Å². The molecule has 0 bridgehead atoms. The highest BCUT2D eigenvalue weighted by atomic mass is 19.1. The van der Waals surface area contributed by atoms with Gasteiger partial charge in [-0.3, -0.25) is 4.98 Å². The molecule has 4 aromatic rings. The normalized spacial score (nSPS) is 12.9. The van der Waals surface area contributed by atoms with Crippen LogP contribution in [-0.2, 0) is 19.8 Å². The van der Waals surface area contributed by atoms with Crippen molar-refractivity contribution >= 4 is 0 Å². The van der Waals surface area contributed by atoms with Gasteiger partial charge in [0.05, 0.1) is 30.2 Å². The molecule has 0 saturated carbocycles. The van der Waals surface area contributed by atoms with Gasteiger partial charge < -0.3 is 39.6 Å². The first-order valence-corrected chi connectivity index (χ1v) is 14.6. The van der Waals surface area contributed by atoms with Crippen LogP contribution in [0.5, 0.6) is 23.0 Å². The number of rotatable bonds is 13. The SMILES string of the molecule is Cc1c(COc2cc(OCc3cncc(C#N)c3)c(C[NH2+]CC(CO)C(O)O)cc2F)cccc1-c1ccc2c(c1)OCCO2. The van der Waals surface area contributed by atoms with Gasteiger partial charge in [-0.05, 0) is 53.4 Å². The summed E-state index contributed by atoms with van der Waals surface area (Å²) in [7, 11) is 0. The van der Waals surface area contributed by atoms with E-state index in [9.17, 15) is 20.6 Å². The van der Waals surface area contributed by atoms with Crippen LogP contribution in [-0.4, -0.2) is 53.0 Å². The van der Waals surface area contributed by atoms with Gasteiger partial charge in [-0.2, -0.15) is 5.26 Å². The van der Waals surface area contributed by atoms with Gasteiger partial charge in [-0.1, -0.05) is 24.3 Å². The number of quaternary nitrogens is 1. The summed E-state index contributed by atoms with van der Waals surface area (Å²) in [5.41, 5.74) is 5.36. The molecule has 0 radical (unpaired) electrons. The summed E-state index contributed by atoms with van der Waals surface area (Å²) in [6, 6.07) is 18.2. The van der Waals surface area contributed by atoms with Gasteiger partial charge in [0.2, 0.25) is 0 Å². The van der Waals surface area contributed by atoms with Gasteiger partial charge >= 0.3 is 0 Å². The van der Waals surface area contributed by atoms with E-state index in [2.05, 4.69) is 4.98 Å². The number of aliphatic hydroxyl groups is 3. The van der Waals surface area contributed by atoms with E-state index >= 15 is 4.39 Å². The molecule has 1 atom stereocenters. The number of halogens is 1. The van der Waals surface area contributed by atoms with Crippen molar-refractivity contribution in [2.45, 2.75) is 33.0 Å². The van der Waals surface area contributed by atoms with Crippen LogP contribution in [0.1, 0.15) is 27.8 Å². The molecule has 11 heteroatoms. The Bertz CT molecular complexity index is 1670. The molecule has 1 unspecified atom stereocenters. The largest absolute Gasteiger partial charge is 0.488 e. The number of hydrogen-bond acceptors (Lipinski definition) is 9. The fourth-order valence-electron chi connectivity index (χ4n) is 5.03. The molecule has 45 heavy (non-hydrogen) atoms. The first-order valence-electron chi connectivity index (χ1n) is 14.6. The van der Waals surface area contributed by atoms with E-state index in [0.29, 0.717) is 47.2 Å². The minimum absolute atomic E-state index is 0.000739. The second-order valence-electron chi connectivity index (χ2n) is 10.7. The van der Waals surface area contributed by atoms with Gasteiger partial charge in [0.15, 0.2) is 29.4 Å². The molecule has 2 heterocycles. The maximum atomic E-state index is 15.4. The number of benzene rings is 3. The molecule has 5 rings (SSSR count). The Morgan fingerprint density at radius 1 is 0.978 bits per heavy atom. The van der Waals surface area contributed by atoms with E-state index in [-0.39, 0.29) is 32.1 Å². The molecule has 0 aliphatic carbocycles. The van der Waals surface area contributed by atoms with Gasteiger partial charge in [0, 0.05) is 24.0 Å². The molecule has 1 aliphatic heterocycles. The fraction of sp³-hybridized carbons (Fsp3) is 0.294. The zero-order valence-corrected chi connectivity index (χ0v) is 24.8. The van der Waals surface area contributed by atoms with E-state index in [1.165, 1.54) is 18.3 Å². The number of fused-ring (bicyclic) bond motifs is 1. The average Bonchev–Trinajstić information content (AvgIpc) is 3.06. The number of nitrogens with zero attached hydrogens (tertiary/aromatic N) is 2. The molecule has 3 aromatic carbocycles. The lowest BCUT2D eigenvalue weighted by Gasteiger charge is -2.20. The first-order chi connectivity index (χ1) is 21.9. The fourth-order valence-corrected chi connectivity index (χ4v) is 5.03. The Kier molecular flexibility index (Phi) is 10.4. The van der Waals surface area contributed by atoms with E-state index in [4.69, 9.17) is 18.9 Å². The number of nitriles is 1. The number of pyridine rings is 1. The summed E-state index contributed by atoms with van der Waals surface area (Å²) in [4.78, 5) is 4.06. The number of aromatic nitrogens is 1. The zero-order valence-electron chi connectivity index (χ0n) is 24.8. The minimum Gasteiger partial charge on any atom is -0.488 e. The van der Waals surface area contributed by atoms with Crippen LogP contribution < -0.4 is 24.3 Å². The van der Waals surface area contributed by atoms with Gasteiger partial charge in [-0.15, -0.1) is 0 Å². The van der Waals surface area contributed by atoms with Gasteiger partial charge in [-0.25, -0.2) is 4.39 Å². The maximum absolute atomic E-state index is 15.4. The highest BCUT2D eigenvalue weighted by molar-refractivity contribution is 5.71. The zero-order chi connectivity index (χ0) is 31.8. The van der Waals surface area contributed by atoms with Crippen molar-refractivity contribution in [2.75, 3.05) is 26.4 Å². The highest BCUT2D eigenvalue weighted by Gasteiger charge is 2.20. The first kappa shape index (κ1) is 31.7. The third-order valence-corrected chi connectivity index (χ3v) is 7.61. The lowest BCUT2D eigenvalue weighted by Crippen LogP contribution is -2.84. The van der Waals surface area contributed by atoms with Crippen molar-refractivity contribution in [2.24, 2.45) is 5.92 Å². The number of aliphatic hydroxyl groups excluding tert-OH is 2. The molecular weight excluding hydrogens is 581 g/mol. The van der Waals surface area contributed by atoms with Gasteiger partial charge in [0.25, 0.3) is 0 Å². The van der Waals surface area contributed by atoms with Crippen molar-refractivity contribution in [3.63, 3.8) is 0 Å². The topological polar surface area (TPSA) is 151 Å². The molecule has 0 spiro atoms. The summed E-state index contributed by atoms with van der Waals surface area (Å²) < 4.78 is 38.8. The highest BCUT2D eigenvalue weighted by Crippen LogP contribution is 2.36. The summed E-state index contributed by atoms with van der Waals surface area (Å²) in [5.74, 6) is 0.423. The predicted molar refractivity (Wildman–Crippen MR) is 161 cm³/mol. The van der Waals surface area contributed by atoms with E-state index < -0.39 is 24.6 Å². The Hall–Kier alpha value is -4.73. The van der Waals surface area contributed by atoms with Crippen molar-refractivity contribution in [1.29, 1.82) is 5.26 Å². The van der Waals surface area contributed by atoms with Crippen molar-refractivity contribution in [1.82, 2.24) is 4.98 Å². The molecule has 0 amide bonds. The van der Waals surface area contributed by atoms with E-state index in [1.807, 2.05) is 49.4 Å². The molecule has 234 valence electrons. The second kappa shape index (κ2) is 14.8. The smallest absolute Gasteiger partial charge is 0.165 e. The predicted octanol–water partition coefficient (Wildman–Crippen LogP) is 2.98. The monoisotopic (exact) mass is 616 g/mol. The van der Waals surface area contributed by atoms with Crippen LogP contribution in [0.4, 0.5) is 4.39 Å². The Morgan fingerprint density at radius 3 is 2.56 bits per heavy atom. The summed E-state index contributed by atoms with van der Waals surface area (Å²) in [6.45, 7) is 3.21. The van der Waals surface area contributed by atoms with Gasteiger partial charge in [0.1, 0.15) is 44.8 Å². The summed E-state index contributed by atoms with van der Waals surface area (Å²) >= 11 is 0. The molecule has 1 aliphatic rings. The van der Waals surface area contributed by atoms with Crippen molar-refractivity contribution < 1.29 is 44.0 Å². The van der Waals surface area contributed by atoms with Crippen LogP contribution in [0.2, 0.25) is 0 Å². The van der Waals surface area contributed by atoms with Crippen LogP contribution in [0.15, 0.2) is 67.0 Å². The summed E-state index contributed by atoms with van der Waals surface area (Å²) in [6.07, 6.45) is 1.36. The van der Waals surface area contributed by atoms with Crippen LogP contribution in [0.25, 0.3) is 11.1 Å². The molecule has 0 saturated heterocycles. The third-order valence-electron chi connectivity index (χ3n) is 7.61. The third kappa shape index (κ3) is 7.87. The lowest BCUT2D eigenvalue weighted by molar-refractivity contribution is -0.678. The van der Waals surface area contributed by atoms with E-state index in [1.54, 1.807) is 17.6 Å². The Labute approximate surface area is 260 Å². The summed E-state index contributed by atoms with van der Waals surface area (Å²) in [5, 5.41) is 39.2. The number of ether oxygens (including phenoxy) is 4. The molecule has 5 N–H and O–H groups in total. The molecule has 1 aromatic heterocycles. The van der Waals surface area contributed by atoms with Crippen LogP contribution >= 0.6 is 0 Å². The number of hydrogen-bond donors (Lipinski definition) is 4. The number of nitrogens with two attached hydrogens (primary N) is 1. The molecule has 10 nitrogen and oxygen atoms in total. The van der Waals surface area contributed by atoms with Crippen LogP contribution in [0, 0.1) is 30.0 Å². The average molecular weight is 617 g/mol. The Balaban J connectivity index is 1.35. The van der Waals surface area contributed by atoms with Crippen LogP contribution in [0.3, 0.4) is 0 Å². The van der Waals surface area contributed by atoms with E-state index in [0.717, 1.165) is 22.3 Å². The minimum atomic E-state index is -1.68. The van der Waals surface area contributed by atoms with Crippen molar-refractivity contribution in [3.8, 4) is 40.2 Å². The Morgan fingerprint density at radius 2 is 1.78 bits per heavy atom. The molecule has 0 fully saturated rings.